The van der Waals surface area contributed by atoms with Crippen LogP contribution in [0.4, 0.5) is 13.2 Å². The van der Waals surface area contributed by atoms with Crippen LogP contribution in [0.3, 0.4) is 0 Å². The summed E-state index contributed by atoms with van der Waals surface area (Å²) in [5.74, 6) is -1.32. The summed E-state index contributed by atoms with van der Waals surface area (Å²) >= 11 is 0. The molecular formula is C14H22F3N3O3. The minimum absolute atomic E-state index is 0.0592. The number of nitrogens with zero attached hydrogens (tertiary/aromatic N) is 2. The Bertz CT molecular complexity index is 439. The predicted octanol–water partition coefficient (Wildman–Crippen LogP) is 0.377. The summed E-state index contributed by atoms with van der Waals surface area (Å²) in [6.45, 7) is 3.97. The molecule has 2 heterocycles. The number of nitrogens with one attached hydrogen (secondary N) is 1. The molecule has 0 unspecified atom stereocenters. The van der Waals surface area contributed by atoms with E-state index in [1.54, 1.807) is 10.2 Å². The van der Waals surface area contributed by atoms with Gasteiger partial charge in [0.15, 0.2) is 0 Å². The predicted molar refractivity (Wildman–Crippen MR) is 75.7 cm³/mol. The van der Waals surface area contributed by atoms with Gasteiger partial charge in [0.05, 0.1) is 13.2 Å². The van der Waals surface area contributed by atoms with Crippen molar-refractivity contribution in [2.24, 2.45) is 0 Å². The molecule has 6 nitrogen and oxygen atoms in total. The highest BCUT2D eigenvalue weighted by Gasteiger charge is 2.38. The molecule has 0 aromatic carbocycles. The Hall–Kier alpha value is -1.35. The van der Waals surface area contributed by atoms with Crippen molar-refractivity contribution < 1.29 is 27.5 Å². The summed E-state index contributed by atoms with van der Waals surface area (Å²) in [7, 11) is 0. The molecule has 0 aliphatic carbocycles. The molecule has 2 fully saturated rings. The molecule has 9 heteroatoms. The quantitative estimate of drug-likeness (QED) is 0.754. The summed E-state index contributed by atoms with van der Waals surface area (Å²) in [5.41, 5.74) is 0. The fourth-order valence-electron chi connectivity index (χ4n) is 3.17. The van der Waals surface area contributed by atoms with Gasteiger partial charge in [-0.2, -0.15) is 13.2 Å². The van der Waals surface area contributed by atoms with Crippen LogP contribution in [0.15, 0.2) is 0 Å². The summed E-state index contributed by atoms with van der Waals surface area (Å²) in [4.78, 5) is 27.5. The lowest BCUT2D eigenvalue weighted by Crippen LogP contribution is -2.49. The van der Waals surface area contributed by atoms with E-state index in [2.05, 4.69) is 4.90 Å². The van der Waals surface area contributed by atoms with E-state index in [0.29, 0.717) is 19.8 Å². The van der Waals surface area contributed by atoms with Crippen molar-refractivity contribution in [2.45, 2.75) is 38.0 Å². The zero-order valence-corrected chi connectivity index (χ0v) is 13.1. The van der Waals surface area contributed by atoms with Gasteiger partial charge in [-0.15, -0.1) is 0 Å². The van der Waals surface area contributed by atoms with Gasteiger partial charge in [-0.1, -0.05) is 0 Å². The van der Waals surface area contributed by atoms with Gasteiger partial charge >= 0.3 is 6.18 Å². The first-order valence-corrected chi connectivity index (χ1v) is 7.72. The van der Waals surface area contributed by atoms with E-state index in [-0.39, 0.29) is 12.1 Å². The first-order valence-electron chi connectivity index (χ1n) is 7.72. The van der Waals surface area contributed by atoms with E-state index in [1.165, 1.54) is 0 Å². The molecule has 1 N–H and O–H groups in total. The number of likely N-dealkylation sites (tertiary alicyclic amines) is 1. The number of amides is 2. The molecule has 2 rings (SSSR count). The minimum Gasteiger partial charge on any atom is -0.379 e. The zero-order chi connectivity index (χ0) is 17.0. The Morgan fingerprint density at radius 1 is 1.22 bits per heavy atom. The Balaban J connectivity index is 1.82. The third kappa shape index (κ3) is 5.07. The molecular weight excluding hydrogens is 315 g/mol. The maximum Gasteiger partial charge on any atom is 0.405 e. The maximum absolute atomic E-state index is 12.2. The molecule has 2 aliphatic rings. The lowest BCUT2D eigenvalue weighted by atomic mass is 10.1. The molecule has 23 heavy (non-hydrogen) atoms. The monoisotopic (exact) mass is 337 g/mol. The van der Waals surface area contributed by atoms with E-state index >= 15 is 0 Å². The van der Waals surface area contributed by atoms with Crippen LogP contribution in [0.5, 0.6) is 0 Å². The van der Waals surface area contributed by atoms with Crippen LogP contribution in [0, 0.1) is 0 Å². The molecule has 2 amide bonds. The molecule has 0 radical (unpaired) electrons. The van der Waals surface area contributed by atoms with Crippen molar-refractivity contribution >= 4 is 11.8 Å². The van der Waals surface area contributed by atoms with Gasteiger partial charge in [-0.05, 0) is 13.3 Å². The Morgan fingerprint density at radius 2 is 1.87 bits per heavy atom. The first-order chi connectivity index (χ1) is 10.8. The topological polar surface area (TPSA) is 61.9 Å². The van der Waals surface area contributed by atoms with Gasteiger partial charge in [-0.3, -0.25) is 14.5 Å². The first kappa shape index (κ1) is 18.0. The van der Waals surface area contributed by atoms with Gasteiger partial charge in [-0.25, -0.2) is 0 Å². The van der Waals surface area contributed by atoms with Crippen molar-refractivity contribution in [3.63, 3.8) is 0 Å². The number of ether oxygens (including phenoxy) is 1. The van der Waals surface area contributed by atoms with Gasteiger partial charge in [0.2, 0.25) is 11.8 Å². The molecule has 2 aliphatic heterocycles. The molecule has 0 aromatic rings. The minimum atomic E-state index is -4.47. The highest BCUT2D eigenvalue weighted by molar-refractivity contribution is 5.97. The SMILES string of the molecule is C[C@@H]1[C@H](N2CCOCC2)CCN1C(=O)CC(=O)NCC(F)(F)F. The van der Waals surface area contributed by atoms with E-state index < -0.39 is 31.0 Å². The molecule has 132 valence electrons. The zero-order valence-electron chi connectivity index (χ0n) is 13.1. The number of morpholine rings is 1. The second-order valence-electron chi connectivity index (χ2n) is 5.90. The standard InChI is InChI=1S/C14H22F3N3O3/c1-10-11(19-4-6-23-7-5-19)2-3-20(10)13(22)8-12(21)18-9-14(15,16)17/h10-11H,2-9H2,1H3,(H,18,21)/t10-,11-/m1/s1. The van der Waals surface area contributed by atoms with Gasteiger partial charge in [0.25, 0.3) is 0 Å². The number of hydrogen-bond donors (Lipinski definition) is 1. The fraction of sp³-hybridized carbons (Fsp3) is 0.857. The molecule has 0 saturated carbocycles. The van der Waals surface area contributed by atoms with Crippen molar-refractivity contribution in [3.05, 3.63) is 0 Å². The molecule has 0 bridgehead atoms. The van der Waals surface area contributed by atoms with Crippen molar-refractivity contribution in [1.29, 1.82) is 0 Å². The van der Waals surface area contributed by atoms with Crippen LogP contribution in [0.1, 0.15) is 19.8 Å². The lowest BCUT2D eigenvalue weighted by molar-refractivity contribution is -0.143. The van der Waals surface area contributed by atoms with Crippen LogP contribution in [0.25, 0.3) is 0 Å². The van der Waals surface area contributed by atoms with Crippen LogP contribution < -0.4 is 5.32 Å². The number of hydrogen-bond acceptors (Lipinski definition) is 4. The Labute approximate surface area is 132 Å². The Morgan fingerprint density at radius 3 is 2.48 bits per heavy atom. The fourth-order valence-corrected chi connectivity index (χ4v) is 3.17. The number of alkyl halides is 3. The summed E-state index contributed by atoms with van der Waals surface area (Å²) < 4.78 is 41.5. The van der Waals surface area contributed by atoms with Crippen molar-refractivity contribution in [3.8, 4) is 0 Å². The third-order valence-corrected chi connectivity index (χ3v) is 4.35. The summed E-state index contributed by atoms with van der Waals surface area (Å²) in [6, 6.07) is 0.150. The lowest BCUT2D eigenvalue weighted by Gasteiger charge is -2.35. The molecule has 2 atom stereocenters. The van der Waals surface area contributed by atoms with Crippen LogP contribution in [-0.2, 0) is 14.3 Å². The van der Waals surface area contributed by atoms with E-state index in [0.717, 1.165) is 19.5 Å². The Kier molecular flexibility index (Phi) is 5.85. The second kappa shape index (κ2) is 7.48. The average molecular weight is 337 g/mol. The number of carbonyl (C=O) groups excluding carboxylic acids is 2. The summed E-state index contributed by atoms with van der Waals surface area (Å²) in [6.07, 6.45) is -4.21. The number of rotatable bonds is 4. The van der Waals surface area contributed by atoms with E-state index in [4.69, 9.17) is 4.74 Å². The highest BCUT2D eigenvalue weighted by Crippen LogP contribution is 2.24. The van der Waals surface area contributed by atoms with Gasteiger partial charge in [0.1, 0.15) is 13.0 Å². The van der Waals surface area contributed by atoms with E-state index in [9.17, 15) is 22.8 Å². The van der Waals surface area contributed by atoms with Crippen molar-refractivity contribution in [2.75, 3.05) is 39.4 Å². The van der Waals surface area contributed by atoms with Crippen LogP contribution in [0.2, 0.25) is 0 Å². The van der Waals surface area contributed by atoms with Crippen molar-refractivity contribution in [1.82, 2.24) is 15.1 Å². The normalized spacial score (nSPS) is 26.3. The second-order valence-corrected chi connectivity index (χ2v) is 5.90. The largest absolute Gasteiger partial charge is 0.405 e. The van der Waals surface area contributed by atoms with Crippen LogP contribution in [-0.4, -0.2) is 79.3 Å². The smallest absolute Gasteiger partial charge is 0.379 e. The average Bonchev–Trinajstić information content (AvgIpc) is 2.87. The van der Waals surface area contributed by atoms with E-state index in [1.807, 2.05) is 6.92 Å². The molecule has 2 saturated heterocycles. The maximum atomic E-state index is 12.2. The highest BCUT2D eigenvalue weighted by atomic mass is 19.4. The van der Waals surface area contributed by atoms with Crippen LogP contribution >= 0.6 is 0 Å². The molecule has 0 spiro atoms. The summed E-state index contributed by atoms with van der Waals surface area (Å²) in [5, 5.41) is 1.73. The third-order valence-electron chi connectivity index (χ3n) is 4.35. The number of carbonyl (C=O) groups is 2. The molecule has 0 aromatic heterocycles. The van der Waals surface area contributed by atoms with Gasteiger partial charge < -0.3 is 15.0 Å². The van der Waals surface area contributed by atoms with Gasteiger partial charge in [0, 0.05) is 31.7 Å². The number of halogens is 3.